The largest absolute Gasteiger partial charge is 0.493 e. The van der Waals surface area contributed by atoms with E-state index in [2.05, 4.69) is 0 Å². The van der Waals surface area contributed by atoms with Gasteiger partial charge in [0.1, 0.15) is 6.07 Å². The van der Waals surface area contributed by atoms with Gasteiger partial charge in [-0.1, -0.05) is 0 Å². The van der Waals surface area contributed by atoms with Crippen LogP contribution in [-0.2, 0) is 4.74 Å². The van der Waals surface area contributed by atoms with Crippen LogP contribution in [-0.4, -0.2) is 37.8 Å². The lowest BCUT2D eigenvalue weighted by atomic mass is 10.1. The monoisotopic (exact) mass is 344 g/mol. The second-order valence-electron chi connectivity index (χ2n) is 4.87. The number of nitrogen functional groups attached to an aromatic ring is 1. The van der Waals surface area contributed by atoms with Gasteiger partial charge in [-0.2, -0.15) is 5.26 Å². The van der Waals surface area contributed by atoms with Gasteiger partial charge in [0, 0.05) is 12.3 Å². The first-order chi connectivity index (χ1) is 11.9. The highest BCUT2D eigenvalue weighted by Crippen LogP contribution is 2.34. The van der Waals surface area contributed by atoms with Gasteiger partial charge < -0.3 is 30.2 Å². The predicted octanol–water partition coefficient (Wildman–Crippen LogP) is 0.834. The molecule has 2 rings (SSSR count). The van der Waals surface area contributed by atoms with Gasteiger partial charge >= 0.3 is 5.97 Å². The molecule has 0 aliphatic rings. The average molecular weight is 344 g/mol. The van der Waals surface area contributed by atoms with E-state index in [1.807, 2.05) is 6.07 Å². The summed E-state index contributed by atoms with van der Waals surface area (Å²) in [6, 6.07) is 4.70. The molecule has 130 valence electrons. The molecule has 0 unspecified atom stereocenters. The molecule has 1 aromatic heterocycles. The van der Waals surface area contributed by atoms with Crippen LogP contribution in [0.15, 0.2) is 18.3 Å². The van der Waals surface area contributed by atoms with Crippen molar-refractivity contribution in [3.05, 3.63) is 35.2 Å². The maximum atomic E-state index is 12.1. The topological polar surface area (TPSA) is 143 Å². The van der Waals surface area contributed by atoms with Crippen LogP contribution in [0.3, 0.4) is 0 Å². The van der Waals surface area contributed by atoms with E-state index in [1.165, 1.54) is 44.2 Å². The number of carbonyl (C=O) groups is 2. The third-order valence-corrected chi connectivity index (χ3v) is 3.57. The summed E-state index contributed by atoms with van der Waals surface area (Å²) in [5.41, 5.74) is 11.4. The molecule has 0 spiro atoms. The molecular formula is C16H16N4O5. The SMILES string of the molecule is COC(=O)c1c(N)c(C#N)cn1-c1cc(OC)c(OC)cc1C(N)=O. The second kappa shape index (κ2) is 6.84. The Bertz CT molecular complexity index is 895. The fourth-order valence-corrected chi connectivity index (χ4v) is 2.37. The van der Waals surface area contributed by atoms with E-state index in [0.29, 0.717) is 5.75 Å². The lowest BCUT2D eigenvalue weighted by Gasteiger charge is -2.15. The molecule has 0 aliphatic carbocycles. The van der Waals surface area contributed by atoms with Crippen molar-refractivity contribution in [3.8, 4) is 23.3 Å². The first kappa shape index (κ1) is 17.7. The second-order valence-corrected chi connectivity index (χ2v) is 4.87. The summed E-state index contributed by atoms with van der Waals surface area (Å²) in [6.07, 6.45) is 1.31. The third-order valence-electron chi connectivity index (χ3n) is 3.57. The molecule has 9 heteroatoms. The third kappa shape index (κ3) is 2.92. The molecule has 1 aromatic carbocycles. The number of hydrogen-bond acceptors (Lipinski definition) is 7. The van der Waals surface area contributed by atoms with Crippen molar-refractivity contribution in [2.24, 2.45) is 5.73 Å². The molecule has 0 atom stereocenters. The zero-order valence-electron chi connectivity index (χ0n) is 13.8. The Balaban J connectivity index is 2.88. The fraction of sp³-hybridized carbons (Fsp3) is 0.188. The van der Waals surface area contributed by atoms with E-state index in [1.54, 1.807) is 0 Å². The molecular weight excluding hydrogens is 328 g/mol. The van der Waals surface area contributed by atoms with Gasteiger partial charge in [-0.15, -0.1) is 0 Å². The molecule has 0 fully saturated rings. The van der Waals surface area contributed by atoms with Crippen LogP contribution < -0.4 is 20.9 Å². The highest BCUT2D eigenvalue weighted by molar-refractivity contribution is 6.00. The van der Waals surface area contributed by atoms with Crippen molar-refractivity contribution in [2.75, 3.05) is 27.1 Å². The van der Waals surface area contributed by atoms with Gasteiger partial charge in [0.05, 0.1) is 43.8 Å². The quantitative estimate of drug-likeness (QED) is 0.765. The number of hydrogen-bond donors (Lipinski definition) is 2. The zero-order chi connectivity index (χ0) is 18.7. The van der Waals surface area contributed by atoms with E-state index in [9.17, 15) is 14.9 Å². The number of anilines is 1. The summed E-state index contributed by atoms with van der Waals surface area (Å²) >= 11 is 0. The van der Waals surface area contributed by atoms with Crippen LogP contribution >= 0.6 is 0 Å². The Labute approximate surface area is 143 Å². The Morgan fingerprint density at radius 3 is 2.24 bits per heavy atom. The highest BCUT2D eigenvalue weighted by atomic mass is 16.5. The van der Waals surface area contributed by atoms with Crippen molar-refractivity contribution >= 4 is 17.6 Å². The number of ether oxygens (including phenoxy) is 3. The van der Waals surface area contributed by atoms with Crippen LogP contribution in [0.25, 0.3) is 5.69 Å². The van der Waals surface area contributed by atoms with Gasteiger partial charge in [-0.25, -0.2) is 4.79 Å². The van der Waals surface area contributed by atoms with E-state index < -0.39 is 11.9 Å². The molecule has 1 heterocycles. The lowest BCUT2D eigenvalue weighted by Crippen LogP contribution is -2.18. The van der Waals surface area contributed by atoms with E-state index >= 15 is 0 Å². The summed E-state index contributed by atoms with van der Waals surface area (Å²) in [6.45, 7) is 0. The van der Waals surface area contributed by atoms with Gasteiger partial charge in [-0.3, -0.25) is 4.79 Å². The number of nitriles is 1. The van der Waals surface area contributed by atoms with Gasteiger partial charge in [-0.05, 0) is 6.07 Å². The molecule has 0 bridgehead atoms. The minimum Gasteiger partial charge on any atom is -0.493 e. The van der Waals surface area contributed by atoms with Gasteiger partial charge in [0.15, 0.2) is 17.2 Å². The summed E-state index contributed by atoms with van der Waals surface area (Å²) in [5.74, 6) is -0.967. The fourth-order valence-electron chi connectivity index (χ4n) is 2.37. The maximum Gasteiger partial charge on any atom is 0.357 e. The first-order valence-electron chi connectivity index (χ1n) is 6.95. The van der Waals surface area contributed by atoms with Crippen LogP contribution in [0, 0.1) is 11.3 Å². The van der Waals surface area contributed by atoms with Crippen LogP contribution in [0.4, 0.5) is 5.69 Å². The Morgan fingerprint density at radius 1 is 1.16 bits per heavy atom. The van der Waals surface area contributed by atoms with Crippen LogP contribution in [0.1, 0.15) is 26.4 Å². The average Bonchev–Trinajstić information content (AvgIpc) is 2.95. The number of nitrogens with two attached hydrogens (primary N) is 2. The number of esters is 1. The maximum absolute atomic E-state index is 12.1. The van der Waals surface area contributed by atoms with Gasteiger partial charge in [0.2, 0.25) is 0 Å². The molecule has 2 aromatic rings. The zero-order valence-corrected chi connectivity index (χ0v) is 13.8. The molecule has 0 saturated heterocycles. The van der Waals surface area contributed by atoms with Gasteiger partial charge in [0.25, 0.3) is 5.91 Å². The number of methoxy groups -OCH3 is 3. The van der Waals surface area contributed by atoms with Crippen molar-refractivity contribution < 1.29 is 23.8 Å². The number of aromatic nitrogens is 1. The smallest absolute Gasteiger partial charge is 0.357 e. The normalized spacial score (nSPS) is 10.0. The van der Waals surface area contributed by atoms with Crippen LogP contribution in [0.5, 0.6) is 11.5 Å². The molecule has 4 N–H and O–H groups in total. The van der Waals surface area contributed by atoms with Crippen molar-refractivity contribution in [1.29, 1.82) is 5.26 Å². The Kier molecular flexibility index (Phi) is 4.84. The molecule has 25 heavy (non-hydrogen) atoms. The number of carbonyl (C=O) groups excluding carboxylic acids is 2. The molecule has 0 radical (unpaired) electrons. The van der Waals surface area contributed by atoms with Crippen molar-refractivity contribution in [3.63, 3.8) is 0 Å². The summed E-state index contributed by atoms with van der Waals surface area (Å²) in [4.78, 5) is 24.0. The first-order valence-corrected chi connectivity index (χ1v) is 6.95. The van der Waals surface area contributed by atoms with E-state index in [0.717, 1.165) is 0 Å². The minimum absolute atomic E-state index is 0.0438. The van der Waals surface area contributed by atoms with E-state index in [-0.39, 0.29) is 33.9 Å². The minimum atomic E-state index is -0.774. The highest BCUT2D eigenvalue weighted by Gasteiger charge is 2.25. The Morgan fingerprint density at radius 2 is 1.76 bits per heavy atom. The van der Waals surface area contributed by atoms with Crippen molar-refractivity contribution in [1.82, 2.24) is 4.57 Å². The molecule has 9 nitrogen and oxygen atoms in total. The molecule has 0 saturated carbocycles. The number of rotatable bonds is 5. The number of amides is 1. The molecule has 1 amide bonds. The van der Waals surface area contributed by atoms with E-state index in [4.69, 9.17) is 25.7 Å². The van der Waals surface area contributed by atoms with Crippen LogP contribution in [0.2, 0.25) is 0 Å². The summed E-state index contributed by atoms with van der Waals surface area (Å²) in [5, 5.41) is 9.19. The van der Waals surface area contributed by atoms with Crippen molar-refractivity contribution in [2.45, 2.75) is 0 Å². The molecule has 0 aliphatic heterocycles. The number of nitrogens with zero attached hydrogens (tertiary/aromatic N) is 2. The number of primary amides is 1. The summed E-state index contributed by atoms with van der Waals surface area (Å²) in [7, 11) is 4.00. The standard InChI is InChI=1S/C16H16N4O5/c1-23-11-4-9(15(19)21)10(5-12(11)24-2)20-7-8(6-17)13(18)14(20)16(22)25-3/h4-5,7H,18H2,1-3H3,(H2,19,21). The summed E-state index contributed by atoms with van der Waals surface area (Å²) < 4.78 is 16.4. The Hall–Kier alpha value is -3.67. The lowest BCUT2D eigenvalue weighted by molar-refractivity contribution is 0.0592. The number of benzene rings is 1. The predicted molar refractivity (Wildman–Crippen MR) is 87.9 cm³/mol.